The fourth-order valence-corrected chi connectivity index (χ4v) is 2.81. The van der Waals surface area contributed by atoms with Crippen LogP contribution in [0.15, 0.2) is 30.3 Å². The lowest BCUT2D eigenvalue weighted by Crippen LogP contribution is -2.41. The highest BCUT2D eigenvalue weighted by Crippen LogP contribution is 2.16. The Labute approximate surface area is 125 Å². The van der Waals surface area contributed by atoms with E-state index in [0.717, 1.165) is 50.5 Å². The molecule has 1 aliphatic heterocycles. The normalized spacial score (nSPS) is 16.3. The van der Waals surface area contributed by atoms with E-state index < -0.39 is 0 Å². The van der Waals surface area contributed by atoms with Gasteiger partial charge in [-0.15, -0.1) is 5.10 Å². The second kappa shape index (κ2) is 6.72. The van der Waals surface area contributed by atoms with Gasteiger partial charge in [0.15, 0.2) is 0 Å². The minimum absolute atomic E-state index is 0.637. The Morgan fingerprint density at radius 3 is 2.67 bits per heavy atom. The van der Waals surface area contributed by atoms with Gasteiger partial charge in [0.1, 0.15) is 5.82 Å². The van der Waals surface area contributed by atoms with Gasteiger partial charge >= 0.3 is 0 Å². The summed E-state index contributed by atoms with van der Waals surface area (Å²) in [5.41, 5.74) is 1.34. The van der Waals surface area contributed by atoms with E-state index in [0.29, 0.717) is 6.04 Å². The molecule has 1 aliphatic rings. The van der Waals surface area contributed by atoms with Crippen molar-refractivity contribution < 1.29 is 0 Å². The molecule has 21 heavy (non-hydrogen) atoms. The van der Waals surface area contributed by atoms with E-state index in [1.54, 1.807) is 0 Å². The maximum atomic E-state index is 4.64. The molecule has 1 saturated heterocycles. The summed E-state index contributed by atoms with van der Waals surface area (Å²) in [5, 5.41) is 10.8. The van der Waals surface area contributed by atoms with E-state index in [1.165, 1.54) is 5.56 Å². The summed E-state index contributed by atoms with van der Waals surface area (Å²) in [6, 6.07) is 11.1. The summed E-state index contributed by atoms with van der Waals surface area (Å²) in [4.78, 5) is 6.91. The van der Waals surface area contributed by atoms with Crippen molar-refractivity contribution >= 4 is 5.95 Å². The third-order valence-electron chi connectivity index (χ3n) is 4.20. The second-order valence-corrected chi connectivity index (χ2v) is 5.62. The summed E-state index contributed by atoms with van der Waals surface area (Å²) >= 11 is 0. The first-order chi connectivity index (χ1) is 10.3. The van der Waals surface area contributed by atoms with E-state index in [1.807, 2.05) is 13.1 Å². The molecular weight excluding hydrogens is 262 g/mol. The van der Waals surface area contributed by atoms with Crippen molar-refractivity contribution in [2.45, 2.75) is 31.7 Å². The number of hydrogen-bond acceptors (Lipinski definition) is 4. The van der Waals surface area contributed by atoms with Crippen molar-refractivity contribution in [3.63, 3.8) is 0 Å². The van der Waals surface area contributed by atoms with Crippen molar-refractivity contribution in [3.8, 4) is 0 Å². The van der Waals surface area contributed by atoms with E-state index in [4.69, 9.17) is 0 Å². The molecule has 2 aromatic rings. The van der Waals surface area contributed by atoms with Crippen LogP contribution in [0, 0.1) is 0 Å². The average Bonchev–Trinajstić information content (AvgIpc) is 3.03. The molecule has 0 spiro atoms. The number of anilines is 1. The molecule has 0 radical (unpaired) electrons. The highest BCUT2D eigenvalue weighted by Gasteiger charge is 2.20. The Balaban J connectivity index is 1.54. The Bertz CT molecular complexity index is 543. The minimum atomic E-state index is 0.637. The van der Waals surface area contributed by atoms with Crippen LogP contribution in [0.25, 0.3) is 0 Å². The third kappa shape index (κ3) is 3.61. The van der Waals surface area contributed by atoms with E-state index in [9.17, 15) is 0 Å². The van der Waals surface area contributed by atoms with Crippen LogP contribution >= 0.6 is 0 Å². The van der Waals surface area contributed by atoms with Crippen LogP contribution < -0.4 is 10.2 Å². The number of benzene rings is 1. The zero-order valence-corrected chi connectivity index (χ0v) is 12.5. The van der Waals surface area contributed by atoms with Crippen LogP contribution in [-0.4, -0.2) is 41.4 Å². The quantitative estimate of drug-likeness (QED) is 0.879. The Kier molecular flexibility index (Phi) is 4.50. The van der Waals surface area contributed by atoms with Gasteiger partial charge in [0.25, 0.3) is 0 Å². The summed E-state index contributed by atoms with van der Waals surface area (Å²) in [6.07, 6.45) is 4.22. The van der Waals surface area contributed by atoms with Gasteiger partial charge in [-0.2, -0.15) is 4.98 Å². The van der Waals surface area contributed by atoms with Crippen molar-refractivity contribution in [2.75, 3.05) is 25.0 Å². The molecule has 1 aromatic carbocycles. The molecule has 3 rings (SSSR count). The molecule has 0 bridgehead atoms. The number of nitrogens with one attached hydrogen (secondary N) is 2. The van der Waals surface area contributed by atoms with Gasteiger partial charge in [0.05, 0.1) is 0 Å². The Hall–Kier alpha value is -1.88. The molecule has 1 aromatic heterocycles. The number of aryl methyl sites for hydroxylation is 2. The predicted molar refractivity (Wildman–Crippen MR) is 84.5 cm³/mol. The van der Waals surface area contributed by atoms with Crippen LogP contribution in [0.2, 0.25) is 0 Å². The minimum Gasteiger partial charge on any atom is -0.339 e. The maximum absolute atomic E-state index is 4.64. The number of aromatic amines is 1. The summed E-state index contributed by atoms with van der Waals surface area (Å²) in [7, 11) is 2.04. The first-order valence-electron chi connectivity index (χ1n) is 7.72. The summed E-state index contributed by atoms with van der Waals surface area (Å²) in [5.74, 6) is 1.83. The second-order valence-electron chi connectivity index (χ2n) is 5.62. The van der Waals surface area contributed by atoms with Crippen molar-refractivity contribution in [2.24, 2.45) is 0 Å². The van der Waals surface area contributed by atoms with Gasteiger partial charge in [0, 0.05) is 25.6 Å². The van der Waals surface area contributed by atoms with Crippen LogP contribution in [-0.2, 0) is 12.8 Å². The molecule has 5 heteroatoms. The van der Waals surface area contributed by atoms with E-state index >= 15 is 0 Å². The lowest BCUT2D eigenvalue weighted by Gasteiger charge is -2.30. The van der Waals surface area contributed by atoms with E-state index in [2.05, 4.69) is 49.7 Å². The summed E-state index contributed by atoms with van der Waals surface area (Å²) < 4.78 is 0. The highest BCUT2D eigenvalue weighted by molar-refractivity contribution is 5.29. The number of hydrogen-bond donors (Lipinski definition) is 2. The van der Waals surface area contributed by atoms with E-state index in [-0.39, 0.29) is 0 Å². The largest absolute Gasteiger partial charge is 0.339 e. The molecule has 0 aliphatic carbocycles. The first-order valence-corrected chi connectivity index (χ1v) is 7.72. The number of nitrogens with zero attached hydrogens (tertiary/aromatic N) is 3. The average molecular weight is 285 g/mol. The molecule has 2 heterocycles. The van der Waals surface area contributed by atoms with Crippen molar-refractivity contribution in [3.05, 3.63) is 41.7 Å². The fraction of sp³-hybridized carbons (Fsp3) is 0.500. The predicted octanol–water partition coefficient (Wildman–Crippen LogP) is 1.78. The standard InChI is InChI=1S/C16H23N5/c1-17-14-9-11-21(12-10-14)16-18-15(19-20-16)8-7-13-5-3-2-4-6-13/h2-6,14,17H,7-12H2,1H3,(H,18,19,20). The van der Waals surface area contributed by atoms with Gasteiger partial charge < -0.3 is 10.2 Å². The summed E-state index contributed by atoms with van der Waals surface area (Å²) in [6.45, 7) is 2.06. The SMILES string of the molecule is CNC1CCN(c2n[nH]c(CCc3ccccc3)n2)CC1. The molecule has 5 nitrogen and oxygen atoms in total. The monoisotopic (exact) mass is 285 g/mol. The number of piperidine rings is 1. The maximum Gasteiger partial charge on any atom is 0.244 e. The van der Waals surface area contributed by atoms with Gasteiger partial charge in [-0.1, -0.05) is 30.3 Å². The fourth-order valence-electron chi connectivity index (χ4n) is 2.81. The Morgan fingerprint density at radius 2 is 1.95 bits per heavy atom. The van der Waals surface area contributed by atoms with Crippen LogP contribution in [0.4, 0.5) is 5.95 Å². The topological polar surface area (TPSA) is 56.8 Å². The smallest absolute Gasteiger partial charge is 0.244 e. The number of H-pyrrole nitrogens is 1. The molecular formula is C16H23N5. The molecule has 1 fully saturated rings. The van der Waals surface area contributed by atoms with Gasteiger partial charge in [0.2, 0.25) is 5.95 Å². The molecule has 2 N–H and O–H groups in total. The molecule has 112 valence electrons. The molecule has 0 saturated carbocycles. The zero-order valence-electron chi connectivity index (χ0n) is 12.5. The van der Waals surface area contributed by atoms with Gasteiger partial charge in [-0.3, -0.25) is 5.10 Å². The number of rotatable bonds is 5. The van der Waals surface area contributed by atoms with Gasteiger partial charge in [-0.25, -0.2) is 0 Å². The number of aromatic nitrogens is 3. The van der Waals surface area contributed by atoms with Crippen LogP contribution in [0.5, 0.6) is 0 Å². The van der Waals surface area contributed by atoms with Crippen molar-refractivity contribution in [1.82, 2.24) is 20.5 Å². The molecule has 0 unspecified atom stereocenters. The lowest BCUT2D eigenvalue weighted by atomic mass is 10.1. The Morgan fingerprint density at radius 1 is 1.19 bits per heavy atom. The van der Waals surface area contributed by atoms with Crippen LogP contribution in [0.3, 0.4) is 0 Å². The zero-order chi connectivity index (χ0) is 14.5. The lowest BCUT2D eigenvalue weighted by molar-refractivity contribution is 0.439. The third-order valence-corrected chi connectivity index (χ3v) is 4.20. The van der Waals surface area contributed by atoms with Crippen molar-refractivity contribution in [1.29, 1.82) is 0 Å². The first kappa shape index (κ1) is 14.1. The molecule has 0 amide bonds. The highest BCUT2D eigenvalue weighted by atomic mass is 15.4. The van der Waals surface area contributed by atoms with Crippen LogP contribution in [0.1, 0.15) is 24.2 Å². The van der Waals surface area contributed by atoms with Gasteiger partial charge in [-0.05, 0) is 31.9 Å². The molecule has 0 atom stereocenters.